The third kappa shape index (κ3) is 2.60. The largest absolute Gasteiger partial charge is 0.330 e. The molecule has 0 radical (unpaired) electrons. The predicted molar refractivity (Wildman–Crippen MR) is 71.5 cm³/mol. The first-order chi connectivity index (χ1) is 7.97. The van der Waals surface area contributed by atoms with Crippen LogP contribution in [0.15, 0.2) is 6.07 Å². The average molecular weight is 252 g/mol. The molecule has 0 saturated carbocycles. The van der Waals surface area contributed by atoms with E-state index >= 15 is 0 Å². The third-order valence-electron chi connectivity index (χ3n) is 2.67. The lowest BCUT2D eigenvalue weighted by molar-refractivity contribution is 0.617. The molecule has 0 aliphatic rings. The smallest absolute Gasteiger partial charge is 0.142 e. The summed E-state index contributed by atoms with van der Waals surface area (Å²) >= 11 is 5.99. The van der Waals surface area contributed by atoms with Crippen molar-refractivity contribution in [1.82, 2.24) is 15.0 Å². The summed E-state index contributed by atoms with van der Waals surface area (Å²) in [5, 5.41) is 1.66. The maximum absolute atomic E-state index is 5.99. The monoisotopic (exact) mass is 251 g/mol. The summed E-state index contributed by atoms with van der Waals surface area (Å²) in [6.45, 7) is 8.62. The average Bonchev–Trinajstić information content (AvgIpc) is 2.55. The molecule has 1 N–H and O–H groups in total. The summed E-state index contributed by atoms with van der Waals surface area (Å²) in [4.78, 5) is 12.3. The van der Waals surface area contributed by atoms with Gasteiger partial charge in [0.05, 0.1) is 5.69 Å². The van der Waals surface area contributed by atoms with Crippen LogP contribution in [0.25, 0.3) is 11.0 Å². The number of hydrogen-bond acceptors (Lipinski definition) is 2. The van der Waals surface area contributed by atoms with Gasteiger partial charge in [-0.2, -0.15) is 0 Å². The van der Waals surface area contributed by atoms with Gasteiger partial charge in [0.2, 0.25) is 0 Å². The van der Waals surface area contributed by atoms with Gasteiger partial charge in [-0.25, -0.2) is 9.97 Å². The van der Waals surface area contributed by atoms with Crippen LogP contribution in [0.2, 0.25) is 5.15 Å². The number of aromatic amines is 1. The molecule has 2 heterocycles. The lowest BCUT2D eigenvalue weighted by Crippen LogP contribution is -2.05. The molecule has 17 heavy (non-hydrogen) atoms. The van der Waals surface area contributed by atoms with Crippen LogP contribution in [0, 0.1) is 5.92 Å². The number of halogens is 1. The third-order valence-corrected chi connectivity index (χ3v) is 2.87. The second-order valence-corrected chi connectivity index (χ2v) is 5.56. The van der Waals surface area contributed by atoms with E-state index in [-0.39, 0.29) is 0 Å². The molecule has 0 fully saturated rings. The van der Waals surface area contributed by atoms with E-state index < -0.39 is 0 Å². The number of hydrogen-bond donors (Lipinski definition) is 1. The molecular formula is C13H18ClN3. The molecule has 2 aromatic rings. The minimum atomic E-state index is 0.373. The normalized spacial score (nSPS) is 11.9. The van der Waals surface area contributed by atoms with Crippen LogP contribution >= 0.6 is 11.6 Å². The van der Waals surface area contributed by atoms with E-state index in [2.05, 4.69) is 42.6 Å². The highest BCUT2D eigenvalue weighted by Crippen LogP contribution is 2.25. The fourth-order valence-corrected chi connectivity index (χ4v) is 2.14. The Morgan fingerprint density at radius 3 is 2.53 bits per heavy atom. The summed E-state index contributed by atoms with van der Waals surface area (Å²) < 4.78 is 0. The molecule has 0 spiro atoms. The highest BCUT2D eigenvalue weighted by molar-refractivity contribution is 6.30. The Kier molecular flexibility index (Phi) is 3.38. The minimum absolute atomic E-state index is 0.373. The Morgan fingerprint density at radius 1 is 1.24 bits per heavy atom. The second kappa shape index (κ2) is 4.65. The van der Waals surface area contributed by atoms with Crippen molar-refractivity contribution in [3.05, 3.63) is 22.7 Å². The fraction of sp³-hybridized carbons (Fsp3) is 0.538. The number of H-pyrrole nitrogens is 1. The molecule has 0 aliphatic heterocycles. The lowest BCUT2D eigenvalue weighted by Gasteiger charge is -2.09. The first kappa shape index (κ1) is 12.4. The van der Waals surface area contributed by atoms with E-state index in [9.17, 15) is 0 Å². The number of nitrogens with zero attached hydrogens (tertiary/aromatic N) is 2. The fourth-order valence-electron chi connectivity index (χ4n) is 1.94. The van der Waals surface area contributed by atoms with Gasteiger partial charge in [0.1, 0.15) is 16.6 Å². The van der Waals surface area contributed by atoms with E-state index in [1.165, 1.54) is 0 Å². The number of nitrogens with one attached hydrogen (secondary N) is 1. The summed E-state index contributed by atoms with van der Waals surface area (Å²) in [6, 6.07) is 1.91. The first-order valence-corrected chi connectivity index (χ1v) is 6.40. The molecule has 0 unspecified atom stereocenters. The maximum Gasteiger partial charge on any atom is 0.142 e. The molecule has 0 bridgehead atoms. The van der Waals surface area contributed by atoms with E-state index in [4.69, 9.17) is 11.6 Å². The van der Waals surface area contributed by atoms with E-state index in [0.717, 1.165) is 29.0 Å². The minimum Gasteiger partial charge on any atom is -0.330 e. The molecule has 92 valence electrons. The van der Waals surface area contributed by atoms with Crippen molar-refractivity contribution in [3.63, 3.8) is 0 Å². The van der Waals surface area contributed by atoms with Crippen LogP contribution in [0.5, 0.6) is 0 Å². The van der Waals surface area contributed by atoms with Gasteiger partial charge >= 0.3 is 0 Å². The summed E-state index contributed by atoms with van der Waals surface area (Å²) in [5.41, 5.74) is 1.93. The van der Waals surface area contributed by atoms with Crippen molar-refractivity contribution >= 4 is 22.6 Å². The Balaban J connectivity index is 2.58. The molecule has 2 aromatic heterocycles. The van der Waals surface area contributed by atoms with Gasteiger partial charge in [0.25, 0.3) is 0 Å². The summed E-state index contributed by atoms with van der Waals surface area (Å²) in [5.74, 6) is 1.82. The zero-order valence-corrected chi connectivity index (χ0v) is 11.5. The van der Waals surface area contributed by atoms with Crippen LogP contribution in [-0.4, -0.2) is 15.0 Å². The standard InChI is InChI=1S/C13H18ClN3/c1-7(2)5-11-16-12(8(3)4)9-6-10(14)15-13(9)17-11/h6-8H,5H2,1-4H3,(H,15,16,17). The van der Waals surface area contributed by atoms with Gasteiger partial charge in [0, 0.05) is 11.8 Å². The molecule has 3 nitrogen and oxygen atoms in total. The van der Waals surface area contributed by atoms with Gasteiger partial charge in [-0.05, 0) is 17.9 Å². The quantitative estimate of drug-likeness (QED) is 0.898. The highest BCUT2D eigenvalue weighted by atomic mass is 35.5. The number of fused-ring (bicyclic) bond motifs is 1. The lowest BCUT2D eigenvalue weighted by atomic mass is 10.1. The number of aromatic nitrogens is 3. The van der Waals surface area contributed by atoms with Crippen molar-refractivity contribution in [2.75, 3.05) is 0 Å². The Morgan fingerprint density at radius 2 is 1.94 bits per heavy atom. The zero-order valence-electron chi connectivity index (χ0n) is 10.7. The van der Waals surface area contributed by atoms with Gasteiger partial charge in [-0.1, -0.05) is 39.3 Å². The molecule has 0 atom stereocenters. The van der Waals surface area contributed by atoms with E-state index in [1.807, 2.05) is 6.07 Å². The van der Waals surface area contributed by atoms with Gasteiger partial charge in [-0.3, -0.25) is 0 Å². The van der Waals surface area contributed by atoms with Crippen LogP contribution in [0.4, 0.5) is 0 Å². The Bertz CT molecular complexity index is 529. The van der Waals surface area contributed by atoms with E-state index in [1.54, 1.807) is 0 Å². The summed E-state index contributed by atoms with van der Waals surface area (Å²) in [6.07, 6.45) is 0.895. The topological polar surface area (TPSA) is 41.6 Å². The molecule has 4 heteroatoms. The zero-order chi connectivity index (χ0) is 12.6. The van der Waals surface area contributed by atoms with Crippen molar-refractivity contribution < 1.29 is 0 Å². The summed E-state index contributed by atoms with van der Waals surface area (Å²) in [7, 11) is 0. The maximum atomic E-state index is 5.99. The molecule has 0 aromatic carbocycles. The second-order valence-electron chi connectivity index (χ2n) is 5.16. The Labute approximate surface area is 107 Å². The van der Waals surface area contributed by atoms with Gasteiger partial charge in [0.15, 0.2) is 0 Å². The van der Waals surface area contributed by atoms with Crippen LogP contribution in [-0.2, 0) is 6.42 Å². The van der Waals surface area contributed by atoms with Gasteiger partial charge < -0.3 is 4.98 Å². The highest BCUT2D eigenvalue weighted by Gasteiger charge is 2.13. The Hall–Kier alpha value is -1.09. The van der Waals surface area contributed by atoms with Crippen LogP contribution in [0.1, 0.15) is 45.1 Å². The van der Waals surface area contributed by atoms with Crippen molar-refractivity contribution in [2.24, 2.45) is 5.92 Å². The first-order valence-electron chi connectivity index (χ1n) is 6.02. The van der Waals surface area contributed by atoms with Crippen LogP contribution < -0.4 is 0 Å². The molecular weight excluding hydrogens is 234 g/mol. The SMILES string of the molecule is CC(C)Cc1nc(C(C)C)c2cc(Cl)[nH]c2n1. The molecule has 0 aliphatic carbocycles. The molecule has 2 rings (SSSR count). The van der Waals surface area contributed by atoms with Gasteiger partial charge in [-0.15, -0.1) is 0 Å². The van der Waals surface area contributed by atoms with Crippen molar-refractivity contribution in [3.8, 4) is 0 Å². The van der Waals surface area contributed by atoms with E-state index in [0.29, 0.717) is 17.0 Å². The molecule has 0 amide bonds. The predicted octanol–water partition coefficient (Wildman–Crippen LogP) is 3.93. The van der Waals surface area contributed by atoms with Crippen molar-refractivity contribution in [1.29, 1.82) is 0 Å². The number of rotatable bonds is 3. The van der Waals surface area contributed by atoms with Crippen molar-refractivity contribution in [2.45, 2.75) is 40.0 Å². The molecule has 0 saturated heterocycles. The van der Waals surface area contributed by atoms with Crippen LogP contribution in [0.3, 0.4) is 0 Å².